The molecule has 3 aromatic carbocycles. The van der Waals surface area contributed by atoms with E-state index in [0.717, 1.165) is 11.1 Å². The van der Waals surface area contributed by atoms with E-state index in [1.54, 1.807) is 24.3 Å². The molecule has 39 heavy (non-hydrogen) atoms. The number of carbonyl (C=O) groups excluding carboxylic acids is 1. The third-order valence-corrected chi connectivity index (χ3v) is 8.43. The molecule has 2 N–H and O–H groups in total. The van der Waals surface area contributed by atoms with Crippen LogP contribution >= 0.6 is 8.30 Å². The fraction of sp³-hybridized carbons (Fsp3) is 0.321. The molecule has 1 amide bonds. The summed E-state index contributed by atoms with van der Waals surface area (Å²) in [6.45, 7) is 1.98. The van der Waals surface area contributed by atoms with Crippen LogP contribution in [0, 0.1) is 10.1 Å². The predicted octanol–water partition coefficient (Wildman–Crippen LogP) is 5.10. The van der Waals surface area contributed by atoms with E-state index in [-0.39, 0.29) is 29.5 Å². The van der Waals surface area contributed by atoms with Crippen molar-refractivity contribution < 1.29 is 28.5 Å². The zero-order valence-corrected chi connectivity index (χ0v) is 22.0. The number of nitro groups is 1. The SMILES string of the molecule is NP(Cc1ccccc1)OC1CCOc2cc([N+](=O)[O-])c(Oc3cccc4c3CCN(C3COC3)C4=O)cc21. The van der Waals surface area contributed by atoms with Gasteiger partial charge in [-0.25, -0.2) is 0 Å². The highest BCUT2D eigenvalue weighted by molar-refractivity contribution is 7.49. The monoisotopic (exact) mass is 549 g/mol. The number of nitrogens with zero attached hydrogens (tertiary/aromatic N) is 2. The topological polar surface area (TPSA) is 126 Å². The first-order valence-corrected chi connectivity index (χ1v) is 14.4. The zero-order chi connectivity index (χ0) is 26.9. The first-order chi connectivity index (χ1) is 19.0. The Morgan fingerprint density at radius 3 is 2.67 bits per heavy atom. The highest BCUT2D eigenvalue weighted by Crippen LogP contribution is 2.48. The lowest BCUT2D eigenvalue weighted by Crippen LogP contribution is -2.54. The van der Waals surface area contributed by atoms with Crippen molar-refractivity contribution in [3.8, 4) is 17.2 Å². The summed E-state index contributed by atoms with van der Waals surface area (Å²) in [5, 5.41) is 12.0. The summed E-state index contributed by atoms with van der Waals surface area (Å²) in [4.78, 5) is 26.5. The molecule has 3 aromatic rings. The van der Waals surface area contributed by atoms with Crippen LogP contribution in [0.15, 0.2) is 60.7 Å². The van der Waals surface area contributed by atoms with Crippen molar-refractivity contribution in [2.75, 3.05) is 26.4 Å². The average Bonchev–Trinajstić information content (AvgIpc) is 2.90. The average molecular weight is 550 g/mol. The van der Waals surface area contributed by atoms with Crippen LogP contribution in [-0.2, 0) is 21.8 Å². The molecule has 0 saturated carbocycles. The Bertz CT molecular complexity index is 1400. The van der Waals surface area contributed by atoms with Gasteiger partial charge in [0.15, 0.2) is 0 Å². The second-order valence-electron chi connectivity index (χ2n) is 9.73. The predicted molar refractivity (Wildman–Crippen MR) is 144 cm³/mol. The van der Waals surface area contributed by atoms with Crippen molar-refractivity contribution >= 4 is 19.9 Å². The number of benzene rings is 3. The molecular weight excluding hydrogens is 521 g/mol. The van der Waals surface area contributed by atoms with Crippen molar-refractivity contribution in [3.05, 3.63) is 93.0 Å². The lowest BCUT2D eigenvalue weighted by atomic mass is 9.96. The minimum absolute atomic E-state index is 0.0675. The van der Waals surface area contributed by atoms with Crippen LogP contribution in [-0.4, -0.2) is 48.1 Å². The molecule has 0 spiro atoms. The molecule has 2 atom stereocenters. The maximum absolute atomic E-state index is 13.2. The number of ether oxygens (including phenoxy) is 3. The lowest BCUT2D eigenvalue weighted by Gasteiger charge is -2.40. The van der Waals surface area contributed by atoms with Crippen LogP contribution in [0.5, 0.6) is 17.2 Å². The summed E-state index contributed by atoms with van der Waals surface area (Å²) in [7, 11) is -1.28. The number of rotatable bonds is 8. The van der Waals surface area contributed by atoms with Crippen LogP contribution in [0.25, 0.3) is 0 Å². The van der Waals surface area contributed by atoms with E-state index in [4.69, 9.17) is 24.2 Å². The van der Waals surface area contributed by atoms with E-state index >= 15 is 0 Å². The quantitative estimate of drug-likeness (QED) is 0.234. The van der Waals surface area contributed by atoms with Crippen molar-refractivity contribution in [2.24, 2.45) is 5.50 Å². The maximum Gasteiger partial charge on any atom is 0.315 e. The molecule has 2 unspecified atom stereocenters. The Hall–Kier alpha value is -3.56. The normalized spacial score (nSPS) is 19.4. The van der Waals surface area contributed by atoms with Crippen LogP contribution in [0.2, 0.25) is 0 Å². The fourth-order valence-corrected chi connectivity index (χ4v) is 6.34. The van der Waals surface area contributed by atoms with Gasteiger partial charge in [-0.2, -0.15) is 0 Å². The van der Waals surface area contributed by atoms with Gasteiger partial charge in [0.05, 0.1) is 43.0 Å². The van der Waals surface area contributed by atoms with Gasteiger partial charge in [-0.15, -0.1) is 0 Å². The molecule has 0 aliphatic carbocycles. The second-order valence-corrected chi connectivity index (χ2v) is 11.1. The largest absolute Gasteiger partial charge is 0.493 e. The van der Waals surface area contributed by atoms with Crippen LogP contribution in [0.3, 0.4) is 0 Å². The summed E-state index contributed by atoms with van der Waals surface area (Å²) in [6, 6.07) is 18.2. The van der Waals surface area contributed by atoms with Crippen LogP contribution in [0.4, 0.5) is 5.69 Å². The molecule has 3 heterocycles. The Morgan fingerprint density at radius 2 is 1.92 bits per heavy atom. The molecule has 6 rings (SSSR count). The van der Waals surface area contributed by atoms with E-state index in [2.05, 4.69) is 0 Å². The van der Waals surface area contributed by atoms with Gasteiger partial charge < -0.3 is 23.6 Å². The van der Waals surface area contributed by atoms with Gasteiger partial charge in [0.1, 0.15) is 19.8 Å². The molecule has 1 fully saturated rings. The number of hydrogen-bond donors (Lipinski definition) is 1. The highest BCUT2D eigenvalue weighted by Gasteiger charge is 2.36. The van der Waals surface area contributed by atoms with Gasteiger partial charge >= 0.3 is 5.69 Å². The number of nitrogens with two attached hydrogens (primary N) is 1. The molecule has 0 aromatic heterocycles. The number of nitro benzene ring substituents is 1. The van der Waals surface area contributed by atoms with Crippen molar-refractivity contribution in [3.63, 3.8) is 0 Å². The summed E-state index contributed by atoms with van der Waals surface area (Å²) >= 11 is 0. The third kappa shape index (κ3) is 5.21. The van der Waals surface area contributed by atoms with Crippen LogP contribution in [0.1, 0.15) is 39.6 Å². The zero-order valence-electron chi connectivity index (χ0n) is 21.2. The molecule has 3 aliphatic rings. The van der Waals surface area contributed by atoms with E-state index in [1.165, 1.54) is 6.07 Å². The summed E-state index contributed by atoms with van der Waals surface area (Å²) in [5.74, 6) is 0.800. The first-order valence-electron chi connectivity index (χ1n) is 12.8. The van der Waals surface area contributed by atoms with Gasteiger partial charge in [-0.3, -0.25) is 20.4 Å². The lowest BCUT2D eigenvalue weighted by molar-refractivity contribution is -0.385. The minimum atomic E-state index is -1.28. The van der Waals surface area contributed by atoms with E-state index in [0.29, 0.717) is 68.0 Å². The summed E-state index contributed by atoms with van der Waals surface area (Å²) < 4.78 is 23.5. The first kappa shape index (κ1) is 25.7. The van der Waals surface area contributed by atoms with E-state index in [9.17, 15) is 14.9 Å². The highest BCUT2D eigenvalue weighted by atomic mass is 31.2. The molecular formula is C28H28N3O7P. The molecule has 10 nitrogen and oxygen atoms in total. The van der Waals surface area contributed by atoms with Gasteiger partial charge in [-0.05, 0) is 30.2 Å². The second kappa shape index (κ2) is 10.9. The van der Waals surface area contributed by atoms with Gasteiger partial charge in [0, 0.05) is 35.8 Å². The summed E-state index contributed by atoms with van der Waals surface area (Å²) in [5.41, 5.74) is 9.19. The van der Waals surface area contributed by atoms with Crippen LogP contribution < -0.4 is 15.0 Å². The Balaban J connectivity index is 1.28. The molecule has 0 bridgehead atoms. The molecule has 1 saturated heterocycles. The van der Waals surface area contributed by atoms with E-state index in [1.807, 2.05) is 35.2 Å². The van der Waals surface area contributed by atoms with Crippen molar-refractivity contribution in [1.29, 1.82) is 0 Å². The van der Waals surface area contributed by atoms with Gasteiger partial charge in [-0.1, -0.05) is 36.4 Å². The van der Waals surface area contributed by atoms with Crippen molar-refractivity contribution in [2.45, 2.75) is 31.1 Å². The smallest absolute Gasteiger partial charge is 0.315 e. The van der Waals surface area contributed by atoms with Gasteiger partial charge in [0.25, 0.3) is 5.91 Å². The van der Waals surface area contributed by atoms with Crippen molar-refractivity contribution in [1.82, 2.24) is 4.90 Å². The number of carbonyl (C=O) groups is 1. The number of amides is 1. The number of fused-ring (bicyclic) bond motifs is 2. The minimum Gasteiger partial charge on any atom is -0.493 e. The third-order valence-electron chi connectivity index (χ3n) is 7.22. The molecule has 3 aliphatic heterocycles. The molecule has 202 valence electrons. The van der Waals surface area contributed by atoms with E-state index < -0.39 is 13.2 Å². The number of hydrogen-bond acceptors (Lipinski definition) is 8. The maximum atomic E-state index is 13.2. The Morgan fingerprint density at radius 1 is 1.10 bits per heavy atom. The Kier molecular flexibility index (Phi) is 7.18. The molecule has 11 heteroatoms. The molecule has 0 radical (unpaired) electrons. The standard InChI is InChI=1S/C28H28N3O7P/c29-39(17-18-5-2-1-3-6-18)38-25-10-12-36-26-14-23(31(33)34)27(13-22(25)26)37-24-8-4-7-21-20(24)9-11-30(28(21)32)19-15-35-16-19/h1-8,13-14,19,25H,9-12,15-17,29H2. The fourth-order valence-electron chi connectivity index (χ4n) is 5.15. The summed E-state index contributed by atoms with van der Waals surface area (Å²) in [6.07, 6.45) is 1.35. The van der Waals surface area contributed by atoms with Gasteiger partial charge in [0.2, 0.25) is 5.75 Å². The Labute approximate surface area is 226 Å².